The van der Waals surface area contributed by atoms with E-state index in [4.69, 9.17) is 5.11 Å². The third-order valence-corrected chi connectivity index (χ3v) is 3.11. The van der Waals surface area contributed by atoms with Crippen molar-refractivity contribution < 1.29 is 9.90 Å². The highest BCUT2D eigenvalue weighted by Gasteiger charge is 2.08. The molecule has 18 heavy (non-hydrogen) atoms. The number of carboxylic acids is 1. The van der Waals surface area contributed by atoms with E-state index in [9.17, 15) is 4.79 Å². The lowest BCUT2D eigenvalue weighted by Crippen LogP contribution is -2.03. The molecule has 0 fully saturated rings. The molecule has 0 bridgehead atoms. The van der Waals surface area contributed by atoms with Gasteiger partial charge >= 0.3 is 5.97 Å². The van der Waals surface area contributed by atoms with Gasteiger partial charge in [0.15, 0.2) is 0 Å². The number of rotatable bonds is 5. The summed E-state index contributed by atoms with van der Waals surface area (Å²) in [5, 5.41) is 16.1. The summed E-state index contributed by atoms with van der Waals surface area (Å²) in [6.07, 6.45) is 1.72. The molecule has 0 radical (unpaired) electrons. The molecule has 0 spiro atoms. The molecule has 0 atom stereocenters. The fraction of sp³-hybridized carbons (Fsp3) is 0.231. The number of hydrogen-bond donors (Lipinski definition) is 2. The zero-order chi connectivity index (χ0) is 13.0. The number of nitrogens with one attached hydrogen (secondary N) is 1. The number of aromatic nitrogens is 1. The summed E-state index contributed by atoms with van der Waals surface area (Å²) < 4.78 is 0. The number of nitrogens with zero attached hydrogens (tertiary/aromatic N) is 1. The van der Waals surface area contributed by atoms with Gasteiger partial charge in [-0.2, -0.15) is 11.3 Å². The lowest BCUT2D eigenvalue weighted by atomic mass is 10.1. The first-order valence-corrected chi connectivity index (χ1v) is 6.67. The van der Waals surface area contributed by atoms with E-state index in [1.54, 1.807) is 23.5 Å². The van der Waals surface area contributed by atoms with Crippen LogP contribution in [0.2, 0.25) is 0 Å². The summed E-state index contributed by atoms with van der Waals surface area (Å²) >= 11 is 1.58. The van der Waals surface area contributed by atoms with Crippen LogP contribution in [-0.2, 0) is 6.42 Å². The second-order valence-corrected chi connectivity index (χ2v) is 4.70. The fourth-order valence-corrected chi connectivity index (χ4v) is 2.23. The Labute approximate surface area is 109 Å². The minimum Gasteiger partial charge on any atom is -0.478 e. The van der Waals surface area contributed by atoms with E-state index in [2.05, 4.69) is 10.3 Å². The molecular weight excluding hydrogens is 248 g/mol. The molecule has 4 nitrogen and oxygen atoms in total. The van der Waals surface area contributed by atoms with Crippen LogP contribution in [0.25, 0.3) is 0 Å². The molecule has 2 rings (SSSR count). The minimum absolute atomic E-state index is 0.270. The van der Waals surface area contributed by atoms with E-state index in [0.717, 1.165) is 24.2 Å². The van der Waals surface area contributed by atoms with Crippen LogP contribution >= 0.6 is 11.3 Å². The van der Waals surface area contributed by atoms with Crippen molar-refractivity contribution in [3.63, 3.8) is 0 Å². The SMILES string of the molecule is CCCc1cc(C(=O)O)cc(Nc2ccsc2)n1. The molecule has 0 amide bonds. The van der Waals surface area contributed by atoms with Crippen LogP contribution in [0.15, 0.2) is 29.0 Å². The number of pyridine rings is 1. The number of anilines is 2. The van der Waals surface area contributed by atoms with Gasteiger partial charge in [0.2, 0.25) is 0 Å². The molecule has 94 valence electrons. The monoisotopic (exact) mass is 262 g/mol. The average Bonchev–Trinajstić information content (AvgIpc) is 2.82. The van der Waals surface area contributed by atoms with E-state index < -0.39 is 5.97 Å². The van der Waals surface area contributed by atoms with E-state index in [1.165, 1.54) is 0 Å². The maximum atomic E-state index is 11.1. The lowest BCUT2D eigenvalue weighted by molar-refractivity contribution is 0.0696. The van der Waals surface area contributed by atoms with Gasteiger partial charge in [-0.1, -0.05) is 13.3 Å². The van der Waals surface area contributed by atoms with Crippen molar-refractivity contribution in [3.8, 4) is 0 Å². The Morgan fingerprint density at radius 2 is 2.33 bits per heavy atom. The first-order valence-electron chi connectivity index (χ1n) is 5.72. The van der Waals surface area contributed by atoms with Gasteiger partial charge in [-0.3, -0.25) is 0 Å². The second-order valence-electron chi connectivity index (χ2n) is 3.92. The quantitative estimate of drug-likeness (QED) is 0.865. The van der Waals surface area contributed by atoms with Crippen LogP contribution in [0, 0.1) is 0 Å². The van der Waals surface area contributed by atoms with Crippen molar-refractivity contribution >= 4 is 28.8 Å². The molecule has 0 aliphatic heterocycles. The van der Waals surface area contributed by atoms with Crippen LogP contribution in [0.3, 0.4) is 0 Å². The molecule has 2 aromatic rings. The minimum atomic E-state index is -0.928. The highest BCUT2D eigenvalue weighted by Crippen LogP contribution is 2.19. The third-order valence-electron chi connectivity index (χ3n) is 2.43. The maximum absolute atomic E-state index is 11.1. The zero-order valence-electron chi connectivity index (χ0n) is 10.0. The molecule has 0 aliphatic carbocycles. The molecule has 0 unspecified atom stereocenters. The summed E-state index contributed by atoms with van der Waals surface area (Å²) in [7, 11) is 0. The van der Waals surface area contributed by atoms with Gasteiger partial charge in [-0.15, -0.1) is 0 Å². The lowest BCUT2D eigenvalue weighted by Gasteiger charge is -2.07. The molecular formula is C13H14N2O2S. The maximum Gasteiger partial charge on any atom is 0.335 e. The van der Waals surface area contributed by atoms with Gasteiger partial charge in [0.25, 0.3) is 0 Å². The van der Waals surface area contributed by atoms with Gasteiger partial charge in [0.1, 0.15) is 5.82 Å². The molecule has 2 aromatic heterocycles. The van der Waals surface area contributed by atoms with Gasteiger partial charge in [-0.05, 0) is 30.0 Å². The van der Waals surface area contributed by atoms with E-state index >= 15 is 0 Å². The van der Waals surface area contributed by atoms with Crippen LogP contribution in [-0.4, -0.2) is 16.1 Å². The van der Waals surface area contributed by atoms with Crippen LogP contribution in [0.5, 0.6) is 0 Å². The van der Waals surface area contributed by atoms with Crippen molar-refractivity contribution in [1.29, 1.82) is 0 Å². The molecule has 2 heterocycles. The van der Waals surface area contributed by atoms with Gasteiger partial charge < -0.3 is 10.4 Å². The molecule has 0 saturated carbocycles. The predicted molar refractivity (Wildman–Crippen MR) is 72.8 cm³/mol. The molecule has 0 aromatic carbocycles. The van der Waals surface area contributed by atoms with E-state index in [1.807, 2.05) is 23.8 Å². The number of aromatic carboxylic acids is 1. The van der Waals surface area contributed by atoms with Crippen molar-refractivity contribution in [3.05, 3.63) is 40.2 Å². The highest BCUT2D eigenvalue weighted by atomic mass is 32.1. The topological polar surface area (TPSA) is 62.2 Å². The van der Waals surface area contributed by atoms with Gasteiger partial charge in [0, 0.05) is 11.1 Å². The molecule has 2 N–H and O–H groups in total. The number of aryl methyl sites for hydroxylation is 1. The van der Waals surface area contributed by atoms with Gasteiger partial charge in [0.05, 0.1) is 11.3 Å². The Kier molecular flexibility index (Phi) is 3.94. The van der Waals surface area contributed by atoms with Crippen molar-refractivity contribution in [1.82, 2.24) is 4.98 Å². The van der Waals surface area contributed by atoms with Crippen molar-refractivity contribution in [2.24, 2.45) is 0 Å². The predicted octanol–water partition coefficient (Wildman–Crippen LogP) is 3.54. The Morgan fingerprint density at radius 1 is 1.50 bits per heavy atom. The van der Waals surface area contributed by atoms with Crippen LogP contribution in [0.1, 0.15) is 29.4 Å². The van der Waals surface area contributed by atoms with Gasteiger partial charge in [-0.25, -0.2) is 9.78 Å². The fourth-order valence-electron chi connectivity index (χ4n) is 1.64. The largest absolute Gasteiger partial charge is 0.478 e. The van der Waals surface area contributed by atoms with Crippen LogP contribution in [0.4, 0.5) is 11.5 Å². The second kappa shape index (κ2) is 5.64. The van der Waals surface area contributed by atoms with E-state index in [0.29, 0.717) is 5.82 Å². The molecule has 0 saturated heterocycles. The summed E-state index contributed by atoms with van der Waals surface area (Å²) in [6.45, 7) is 2.04. The third kappa shape index (κ3) is 3.07. The van der Waals surface area contributed by atoms with Crippen LogP contribution < -0.4 is 5.32 Å². The summed E-state index contributed by atoms with van der Waals surface area (Å²) in [5.74, 6) is -0.347. The Hall–Kier alpha value is -1.88. The number of thiophene rings is 1. The van der Waals surface area contributed by atoms with Crippen molar-refractivity contribution in [2.75, 3.05) is 5.32 Å². The standard InChI is InChI=1S/C13H14N2O2S/c1-2-3-10-6-9(13(16)17)7-12(14-10)15-11-4-5-18-8-11/h4-8H,2-3H2,1H3,(H,14,15)(H,16,17). The molecule has 5 heteroatoms. The number of hydrogen-bond acceptors (Lipinski definition) is 4. The summed E-state index contributed by atoms with van der Waals surface area (Å²) in [6, 6.07) is 5.11. The Bertz CT molecular complexity index is 538. The first-order chi connectivity index (χ1) is 8.69. The smallest absolute Gasteiger partial charge is 0.335 e. The Balaban J connectivity index is 2.30. The van der Waals surface area contributed by atoms with E-state index in [-0.39, 0.29) is 5.56 Å². The zero-order valence-corrected chi connectivity index (χ0v) is 10.8. The Morgan fingerprint density at radius 3 is 2.94 bits per heavy atom. The number of carbonyl (C=O) groups is 1. The molecule has 0 aliphatic rings. The number of carboxylic acid groups (broad SMARTS) is 1. The van der Waals surface area contributed by atoms with Crippen molar-refractivity contribution in [2.45, 2.75) is 19.8 Å². The summed E-state index contributed by atoms with van der Waals surface area (Å²) in [4.78, 5) is 15.5. The average molecular weight is 262 g/mol. The first kappa shape index (κ1) is 12.6. The summed E-state index contributed by atoms with van der Waals surface area (Å²) in [5.41, 5.74) is 2.00. The highest BCUT2D eigenvalue weighted by molar-refractivity contribution is 7.08. The normalized spacial score (nSPS) is 10.3.